The fourth-order valence-corrected chi connectivity index (χ4v) is 2.02. The van der Waals surface area contributed by atoms with Gasteiger partial charge in [0.2, 0.25) is 0 Å². The monoisotopic (exact) mass is 294 g/mol. The molecule has 0 aliphatic carbocycles. The normalized spacial score (nSPS) is 11.5. The highest BCUT2D eigenvalue weighted by Crippen LogP contribution is 2.24. The second kappa shape index (κ2) is 8.17. The summed E-state index contributed by atoms with van der Waals surface area (Å²) in [7, 11) is 1.74. The number of nitrogens with zero attached hydrogens (tertiary/aromatic N) is 2. The predicted molar refractivity (Wildman–Crippen MR) is 89.1 cm³/mol. The summed E-state index contributed by atoms with van der Waals surface area (Å²) in [5.41, 5.74) is 1.24. The summed E-state index contributed by atoms with van der Waals surface area (Å²) in [6.45, 7) is 13.2. The Morgan fingerprint density at radius 1 is 1.10 bits per heavy atom. The molecule has 120 valence electrons. The van der Waals surface area contributed by atoms with Crippen molar-refractivity contribution in [3.05, 3.63) is 11.4 Å². The van der Waals surface area contributed by atoms with Crippen LogP contribution in [0.3, 0.4) is 0 Å². The van der Waals surface area contributed by atoms with Crippen molar-refractivity contribution in [1.29, 1.82) is 0 Å². The minimum absolute atomic E-state index is 0.165. The van der Waals surface area contributed by atoms with E-state index in [9.17, 15) is 0 Å². The van der Waals surface area contributed by atoms with Crippen LogP contribution in [0, 0.1) is 12.3 Å². The molecular weight excluding hydrogens is 264 g/mol. The Morgan fingerprint density at radius 2 is 1.71 bits per heavy atom. The molecule has 1 heterocycles. The summed E-state index contributed by atoms with van der Waals surface area (Å²) in [5.74, 6) is 2.73. The van der Waals surface area contributed by atoms with Crippen molar-refractivity contribution in [3.8, 4) is 0 Å². The van der Waals surface area contributed by atoms with Crippen LogP contribution in [-0.4, -0.2) is 36.8 Å². The number of rotatable bonds is 9. The van der Waals surface area contributed by atoms with E-state index in [2.05, 4.69) is 55.2 Å². The van der Waals surface area contributed by atoms with Crippen molar-refractivity contribution in [2.24, 2.45) is 5.41 Å². The minimum atomic E-state index is 0.165. The van der Waals surface area contributed by atoms with Gasteiger partial charge in [-0.05, 0) is 25.7 Å². The first-order valence-corrected chi connectivity index (χ1v) is 7.77. The van der Waals surface area contributed by atoms with E-state index in [-0.39, 0.29) is 5.41 Å². The van der Waals surface area contributed by atoms with Crippen LogP contribution in [0.4, 0.5) is 11.6 Å². The SMILES string of the molecule is CCNc1nc(CC)nc(NCC(C)(C)CCOC)c1C. The third-order valence-electron chi connectivity index (χ3n) is 3.57. The molecule has 0 atom stereocenters. The molecule has 1 rings (SSSR count). The zero-order valence-electron chi connectivity index (χ0n) is 14.3. The first-order valence-electron chi connectivity index (χ1n) is 7.77. The summed E-state index contributed by atoms with van der Waals surface area (Å²) >= 11 is 0. The number of anilines is 2. The largest absolute Gasteiger partial charge is 0.385 e. The van der Waals surface area contributed by atoms with Crippen LogP contribution in [0.2, 0.25) is 0 Å². The molecule has 0 spiro atoms. The van der Waals surface area contributed by atoms with Gasteiger partial charge in [0, 0.05) is 38.8 Å². The molecule has 1 aromatic heterocycles. The molecule has 0 aromatic carbocycles. The Balaban J connectivity index is 2.84. The van der Waals surface area contributed by atoms with Gasteiger partial charge in [0.15, 0.2) is 0 Å². The van der Waals surface area contributed by atoms with Gasteiger partial charge < -0.3 is 15.4 Å². The standard InChI is InChI=1S/C16H30N4O/c1-7-13-19-14(17-8-2)12(3)15(20-13)18-11-16(4,5)9-10-21-6/h7-11H2,1-6H3,(H2,17,18,19,20). The number of hydrogen-bond donors (Lipinski definition) is 2. The van der Waals surface area contributed by atoms with Crippen molar-refractivity contribution in [1.82, 2.24) is 9.97 Å². The molecule has 5 nitrogen and oxygen atoms in total. The number of nitrogens with one attached hydrogen (secondary N) is 2. The van der Waals surface area contributed by atoms with Gasteiger partial charge in [-0.2, -0.15) is 0 Å². The molecule has 0 saturated carbocycles. The minimum Gasteiger partial charge on any atom is -0.385 e. The van der Waals surface area contributed by atoms with E-state index in [1.54, 1.807) is 7.11 Å². The first kappa shape index (κ1) is 17.7. The lowest BCUT2D eigenvalue weighted by atomic mass is 9.89. The number of aryl methyl sites for hydroxylation is 1. The lowest BCUT2D eigenvalue weighted by molar-refractivity contribution is 0.157. The van der Waals surface area contributed by atoms with Gasteiger partial charge in [0.1, 0.15) is 17.5 Å². The van der Waals surface area contributed by atoms with Gasteiger partial charge in [0.05, 0.1) is 0 Å². The maximum Gasteiger partial charge on any atom is 0.134 e. The van der Waals surface area contributed by atoms with Gasteiger partial charge in [-0.25, -0.2) is 9.97 Å². The number of ether oxygens (including phenoxy) is 1. The van der Waals surface area contributed by atoms with Crippen molar-refractivity contribution in [2.45, 2.75) is 47.5 Å². The van der Waals surface area contributed by atoms with Gasteiger partial charge in [0.25, 0.3) is 0 Å². The van der Waals surface area contributed by atoms with E-state index in [4.69, 9.17) is 4.74 Å². The topological polar surface area (TPSA) is 59.1 Å². The fraction of sp³-hybridized carbons (Fsp3) is 0.750. The molecule has 0 bridgehead atoms. The molecule has 2 N–H and O–H groups in total. The quantitative estimate of drug-likeness (QED) is 0.732. The Labute approximate surface area is 128 Å². The average Bonchev–Trinajstić information content (AvgIpc) is 2.46. The van der Waals surface area contributed by atoms with E-state index in [1.807, 2.05) is 0 Å². The van der Waals surface area contributed by atoms with Gasteiger partial charge in [-0.3, -0.25) is 0 Å². The maximum atomic E-state index is 5.18. The van der Waals surface area contributed by atoms with Gasteiger partial charge >= 0.3 is 0 Å². The van der Waals surface area contributed by atoms with E-state index >= 15 is 0 Å². The highest BCUT2D eigenvalue weighted by Gasteiger charge is 2.19. The van der Waals surface area contributed by atoms with Crippen molar-refractivity contribution < 1.29 is 4.74 Å². The Kier molecular flexibility index (Phi) is 6.89. The van der Waals surface area contributed by atoms with Gasteiger partial charge in [-0.15, -0.1) is 0 Å². The van der Waals surface area contributed by atoms with Crippen molar-refractivity contribution in [2.75, 3.05) is 37.4 Å². The van der Waals surface area contributed by atoms with Crippen LogP contribution in [0.15, 0.2) is 0 Å². The maximum absolute atomic E-state index is 5.18. The second-order valence-electron chi connectivity index (χ2n) is 6.11. The second-order valence-corrected chi connectivity index (χ2v) is 6.11. The van der Waals surface area contributed by atoms with Crippen LogP contribution in [0.5, 0.6) is 0 Å². The van der Waals surface area contributed by atoms with Crippen LogP contribution in [0.25, 0.3) is 0 Å². The summed E-state index contributed by atoms with van der Waals surface area (Å²) in [6.07, 6.45) is 1.85. The number of methoxy groups -OCH3 is 1. The van der Waals surface area contributed by atoms with E-state index in [0.717, 1.165) is 55.6 Å². The highest BCUT2D eigenvalue weighted by molar-refractivity contribution is 5.57. The average molecular weight is 294 g/mol. The highest BCUT2D eigenvalue weighted by atomic mass is 16.5. The Morgan fingerprint density at radius 3 is 2.24 bits per heavy atom. The third kappa shape index (κ3) is 5.50. The molecule has 0 aliphatic heterocycles. The first-order chi connectivity index (χ1) is 9.93. The molecular formula is C16H30N4O. The van der Waals surface area contributed by atoms with Crippen LogP contribution in [-0.2, 0) is 11.2 Å². The van der Waals surface area contributed by atoms with E-state index in [1.165, 1.54) is 0 Å². The summed E-state index contributed by atoms with van der Waals surface area (Å²) < 4.78 is 5.18. The molecule has 21 heavy (non-hydrogen) atoms. The smallest absolute Gasteiger partial charge is 0.134 e. The lowest BCUT2D eigenvalue weighted by Crippen LogP contribution is -2.25. The molecule has 0 aliphatic rings. The fourth-order valence-electron chi connectivity index (χ4n) is 2.02. The molecule has 0 amide bonds. The Hall–Kier alpha value is -1.36. The number of aromatic nitrogens is 2. The zero-order valence-corrected chi connectivity index (χ0v) is 14.3. The van der Waals surface area contributed by atoms with Gasteiger partial charge in [-0.1, -0.05) is 20.8 Å². The molecule has 5 heteroatoms. The number of hydrogen-bond acceptors (Lipinski definition) is 5. The van der Waals surface area contributed by atoms with Crippen LogP contribution < -0.4 is 10.6 Å². The third-order valence-corrected chi connectivity index (χ3v) is 3.57. The Bertz CT molecular complexity index is 446. The predicted octanol–water partition coefficient (Wildman–Crippen LogP) is 3.25. The zero-order chi connectivity index (χ0) is 15.9. The lowest BCUT2D eigenvalue weighted by Gasteiger charge is -2.25. The van der Waals surface area contributed by atoms with Crippen LogP contribution >= 0.6 is 0 Å². The van der Waals surface area contributed by atoms with Crippen molar-refractivity contribution in [3.63, 3.8) is 0 Å². The van der Waals surface area contributed by atoms with E-state index < -0.39 is 0 Å². The summed E-state index contributed by atoms with van der Waals surface area (Å²) in [5, 5.41) is 6.80. The molecule has 0 radical (unpaired) electrons. The molecule has 0 fully saturated rings. The summed E-state index contributed by atoms with van der Waals surface area (Å²) in [6, 6.07) is 0. The van der Waals surface area contributed by atoms with Crippen molar-refractivity contribution >= 4 is 11.6 Å². The summed E-state index contributed by atoms with van der Waals surface area (Å²) in [4.78, 5) is 9.18. The molecule has 0 unspecified atom stereocenters. The van der Waals surface area contributed by atoms with Crippen LogP contribution in [0.1, 0.15) is 45.5 Å². The molecule has 0 saturated heterocycles. The van der Waals surface area contributed by atoms with E-state index in [0.29, 0.717) is 0 Å². The molecule has 1 aromatic rings.